The molecular weight excluding hydrogens is 452 g/mol. The van der Waals surface area contributed by atoms with Crippen molar-refractivity contribution in [1.82, 2.24) is 20.1 Å². The van der Waals surface area contributed by atoms with Gasteiger partial charge in [0.2, 0.25) is 11.8 Å². The molecule has 1 saturated carbocycles. The molecule has 1 aliphatic heterocycles. The summed E-state index contributed by atoms with van der Waals surface area (Å²) in [6, 6.07) is 14.7. The van der Waals surface area contributed by atoms with Crippen LogP contribution < -0.4 is 5.32 Å². The number of rotatable bonds is 7. The molecule has 7 heteroatoms. The first-order chi connectivity index (χ1) is 17.4. The predicted octanol–water partition coefficient (Wildman–Crippen LogP) is 3.54. The van der Waals surface area contributed by atoms with E-state index in [4.69, 9.17) is 0 Å². The lowest BCUT2D eigenvalue weighted by Crippen LogP contribution is -2.59. The van der Waals surface area contributed by atoms with E-state index in [1.807, 2.05) is 66.6 Å². The molecule has 0 radical (unpaired) electrons. The van der Waals surface area contributed by atoms with Crippen LogP contribution in [0.4, 0.5) is 0 Å². The van der Waals surface area contributed by atoms with Crippen molar-refractivity contribution < 1.29 is 14.4 Å². The molecule has 2 aliphatic rings. The van der Waals surface area contributed by atoms with E-state index in [9.17, 15) is 14.4 Å². The Hall–Kier alpha value is -3.61. The predicted molar refractivity (Wildman–Crippen MR) is 140 cm³/mol. The molecule has 2 unspecified atom stereocenters. The number of hydrogen-bond donors (Lipinski definition) is 2. The van der Waals surface area contributed by atoms with E-state index in [1.54, 1.807) is 4.90 Å². The Morgan fingerprint density at radius 1 is 1.06 bits per heavy atom. The lowest BCUT2D eigenvalue weighted by Gasteiger charge is -2.41. The lowest BCUT2D eigenvalue weighted by molar-refractivity contribution is -0.144. The maximum Gasteiger partial charge on any atom is 0.251 e. The van der Waals surface area contributed by atoms with Crippen LogP contribution in [0.15, 0.2) is 54.7 Å². The normalized spacial score (nSPS) is 18.8. The molecule has 5 rings (SSSR count). The third kappa shape index (κ3) is 5.01. The van der Waals surface area contributed by atoms with Gasteiger partial charge in [-0.05, 0) is 55.5 Å². The highest BCUT2D eigenvalue weighted by atomic mass is 16.2. The van der Waals surface area contributed by atoms with Crippen LogP contribution in [0.25, 0.3) is 10.9 Å². The number of H-pyrrole nitrogens is 1. The highest BCUT2D eigenvalue weighted by Gasteiger charge is 2.39. The highest BCUT2D eigenvalue weighted by Crippen LogP contribution is 2.32. The number of carbonyl (C=O) groups is 3. The Labute approximate surface area is 211 Å². The second-order valence-electron chi connectivity index (χ2n) is 10.1. The Balaban J connectivity index is 1.35. The molecular formula is C29H34N4O3. The van der Waals surface area contributed by atoms with Crippen molar-refractivity contribution in [2.45, 2.75) is 51.6 Å². The van der Waals surface area contributed by atoms with Gasteiger partial charge in [-0.25, -0.2) is 0 Å². The third-order valence-electron chi connectivity index (χ3n) is 7.48. The van der Waals surface area contributed by atoms with Crippen molar-refractivity contribution in [3.8, 4) is 0 Å². The van der Waals surface area contributed by atoms with Crippen LogP contribution in [-0.4, -0.2) is 64.2 Å². The maximum atomic E-state index is 13.8. The molecule has 2 heterocycles. The first kappa shape index (κ1) is 24.1. The van der Waals surface area contributed by atoms with Gasteiger partial charge >= 0.3 is 0 Å². The number of piperazine rings is 1. The van der Waals surface area contributed by atoms with Gasteiger partial charge in [-0.2, -0.15) is 0 Å². The Morgan fingerprint density at radius 3 is 2.50 bits per heavy atom. The number of amides is 3. The number of hydrogen-bond acceptors (Lipinski definition) is 3. The average Bonchev–Trinajstić information content (AvgIpc) is 3.68. The number of benzene rings is 2. The minimum atomic E-state index is -0.708. The average molecular weight is 487 g/mol. The lowest BCUT2D eigenvalue weighted by atomic mass is 10.0. The summed E-state index contributed by atoms with van der Waals surface area (Å²) in [5, 5.41) is 4.07. The zero-order valence-electron chi connectivity index (χ0n) is 21.0. The minimum absolute atomic E-state index is 0.0400. The molecule has 36 heavy (non-hydrogen) atoms. The fourth-order valence-corrected chi connectivity index (χ4v) is 5.12. The molecule has 7 nitrogen and oxygen atoms in total. The third-order valence-corrected chi connectivity index (χ3v) is 7.48. The Kier molecular flexibility index (Phi) is 6.81. The van der Waals surface area contributed by atoms with E-state index in [2.05, 4.69) is 17.2 Å². The van der Waals surface area contributed by atoms with Gasteiger partial charge in [0.15, 0.2) is 0 Å². The van der Waals surface area contributed by atoms with Crippen molar-refractivity contribution in [2.24, 2.45) is 5.92 Å². The summed E-state index contributed by atoms with van der Waals surface area (Å²) in [5.74, 6) is 0.0205. The molecule has 3 aromatic rings. The van der Waals surface area contributed by atoms with Gasteiger partial charge in [-0.3, -0.25) is 14.4 Å². The smallest absolute Gasteiger partial charge is 0.251 e. The number of para-hydroxylation sites is 1. The summed E-state index contributed by atoms with van der Waals surface area (Å²) in [7, 11) is 0. The second kappa shape index (κ2) is 10.2. The van der Waals surface area contributed by atoms with Gasteiger partial charge in [0.25, 0.3) is 5.91 Å². The molecule has 2 atom stereocenters. The minimum Gasteiger partial charge on any atom is -0.361 e. The first-order valence-corrected chi connectivity index (χ1v) is 13.0. The Bertz CT molecular complexity index is 1260. The second-order valence-corrected chi connectivity index (χ2v) is 10.1. The number of aromatic nitrogens is 1. The zero-order chi connectivity index (χ0) is 25.2. The van der Waals surface area contributed by atoms with Gasteiger partial charge < -0.3 is 20.1 Å². The van der Waals surface area contributed by atoms with E-state index in [0.717, 1.165) is 41.3 Å². The highest BCUT2D eigenvalue weighted by molar-refractivity contribution is 5.98. The van der Waals surface area contributed by atoms with Gasteiger partial charge in [0.1, 0.15) is 6.04 Å². The summed E-state index contributed by atoms with van der Waals surface area (Å²) in [6.45, 7) is 5.57. The van der Waals surface area contributed by atoms with Crippen molar-refractivity contribution >= 4 is 28.6 Å². The molecule has 0 spiro atoms. The van der Waals surface area contributed by atoms with Gasteiger partial charge in [0.05, 0.1) is 0 Å². The largest absolute Gasteiger partial charge is 0.361 e. The van der Waals surface area contributed by atoms with Crippen LogP contribution in [0.3, 0.4) is 0 Å². The first-order valence-electron chi connectivity index (χ1n) is 13.0. The van der Waals surface area contributed by atoms with E-state index in [1.165, 1.54) is 0 Å². The summed E-state index contributed by atoms with van der Waals surface area (Å²) >= 11 is 0. The van der Waals surface area contributed by atoms with E-state index >= 15 is 0 Å². The van der Waals surface area contributed by atoms with Crippen LogP contribution in [0, 0.1) is 5.92 Å². The number of fused-ring (bicyclic) bond motifs is 1. The quantitative estimate of drug-likeness (QED) is 0.536. The molecule has 188 valence electrons. The van der Waals surface area contributed by atoms with Crippen molar-refractivity contribution in [3.05, 3.63) is 71.4 Å². The Morgan fingerprint density at radius 2 is 1.81 bits per heavy atom. The molecule has 0 bridgehead atoms. The summed E-state index contributed by atoms with van der Waals surface area (Å²) in [6.07, 6.45) is 5.15. The SMILES string of the molecule is CCc1ccc(C(=O)NC(Cc2c[nH]c3ccccc23)C(=O)N2CCN(C(=O)C3CC3)C(C)C2)cc1. The fourth-order valence-electron chi connectivity index (χ4n) is 5.12. The maximum absolute atomic E-state index is 13.8. The van der Waals surface area contributed by atoms with Crippen molar-refractivity contribution in [2.75, 3.05) is 19.6 Å². The molecule has 1 saturated heterocycles. The number of nitrogens with zero attached hydrogens (tertiary/aromatic N) is 2. The van der Waals surface area contributed by atoms with Crippen molar-refractivity contribution in [3.63, 3.8) is 0 Å². The number of aryl methyl sites for hydroxylation is 1. The van der Waals surface area contributed by atoms with Crippen LogP contribution in [0.5, 0.6) is 0 Å². The molecule has 2 aromatic carbocycles. The molecule has 3 amide bonds. The van der Waals surface area contributed by atoms with Gasteiger partial charge in [-0.1, -0.05) is 37.3 Å². The van der Waals surface area contributed by atoms with Crippen molar-refractivity contribution in [1.29, 1.82) is 0 Å². The monoisotopic (exact) mass is 486 g/mol. The summed E-state index contributed by atoms with van der Waals surface area (Å²) in [4.78, 5) is 46.6. The van der Waals surface area contributed by atoms with Crippen LogP contribution >= 0.6 is 0 Å². The number of nitrogens with one attached hydrogen (secondary N) is 2. The standard InChI is InChI=1S/C29H34N4O3/c1-3-20-8-10-21(11-9-20)27(34)31-26(16-23-17-30-25-7-5-4-6-24(23)25)29(36)32-14-15-33(19(2)18-32)28(35)22-12-13-22/h4-11,17,19,22,26,30H,3,12-16,18H2,1-2H3,(H,31,34). The van der Waals surface area contributed by atoms with Gasteiger partial charge in [-0.15, -0.1) is 0 Å². The van der Waals surface area contributed by atoms with E-state index in [-0.39, 0.29) is 29.7 Å². The number of aromatic amines is 1. The summed E-state index contributed by atoms with van der Waals surface area (Å²) < 4.78 is 0. The molecule has 1 aromatic heterocycles. The molecule has 2 N–H and O–H groups in total. The topological polar surface area (TPSA) is 85.5 Å². The fraction of sp³-hybridized carbons (Fsp3) is 0.414. The molecule has 2 fully saturated rings. The van der Waals surface area contributed by atoms with Crippen LogP contribution in [-0.2, 0) is 22.4 Å². The van der Waals surface area contributed by atoms with E-state index < -0.39 is 6.04 Å². The summed E-state index contributed by atoms with van der Waals surface area (Å²) in [5.41, 5.74) is 3.69. The van der Waals surface area contributed by atoms with Gasteiger partial charge in [0, 0.05) is 60.7 Å². The number of carbonyl (C=O) groups excluding carboxylic acids is 3. The van der Waals surface area contributed by atoms with Crippen LogP contribution in [0.2, 0.25) is 0 Å². The molecule has 1 aliphatic carbocycles. The van der Waals surface area contributed by atoms with E-state index in [0.29, 0.717) is 31.6 Å². The zero-order valence-corrected chi connectivity index (χ0v) is 21.0. The van der Waals surface area contributed by atoms with Crippen LogP contribution in [0.1, 0.15) is 48.2 Å².